The van der Waals surface area contributed by atoms with Gasteiger partial charge in [-0.2, -0.15) is 8.61 Å². The van der Waals surface area contributed by atoms with E-state index in [0.29, 0.717) is 24.4 Å². The molecule has 2 aromatic rings. The Kier molecular flexibility index (Phi) is 13.3. The van der Waals surface area contributed by atoms with Gasteiger partial charge in [-0.15, -0.1) is 0 Å². The summed E-state index contributed by atoms with van der Waals surface area (Å²) in [6.45, 7) is 2.48. The SMILES string of the molecule is CN[C@@H](O)C(CCCN(CC1CCCCC1)S(=O)(=O)c1ccc(S(=O)(=O)N(Cc2ccc(Cl)cc2)C2CCCC2)cc1)C(C)O. The molecule has 4 rings (SSSR count). The Balaban J connectivity index is 1.56. The highest BCUT2D eigenvalue weighted by molar-refractivity contribution is 7.89. The second-order valence-corrected chi connectivity index (χ2v) is 17.0. The Morgan fingerprint density at radius 3 is 1.96 bits per heavy atom. The van der Waals surface area contributed by atoms with E-state index < -0.39 is 38.3 Å². The van der Waals surface area contributed by atoms with Crippen molar-refractivity contribution in [2.24, 2.45) is 11.8 Å². The lowest BCUT2D eigenvalue weighted by molar-refractivity contribution is 0.00146. The van der Waals surface area contributed by atoms with E-state index in [0.717, 1.165) is 63.4 Å². The number of aliphatic hydroxyl groups is 2. The first-order chi connectivity index (χ1) is 21.4. The van der Waals surface area contributed by atoms with Crippen LogP contribution in [0.25, 0.3) is 0 Å². The zero-order chi connectivity index (χ0) is 32.6. The molecule has 12 heteroatoms. The summed E-state index contributed by atoms with van der Waals surface area (Å²) in [5.74, 6) is -0.175. The summed E-state index contributed by atoms with van der Waals surface area (Å²) in [5, 5.41) is 23.8. The van der Waals surface area contributed by atoms with Crippen molar-refractivity contribution in [3.63, 3.8) is 0 Å². The van der Waals surface area contributed by atoms with Gasteiger partial charge in [0.2, 0.25) is 20.0 Å². The first-order valence-corrected chi connectivity index (χ1v) is 19.6. The maximum atomic E-state index is 14.0. The number of hydrogen-bond acceptors (Lipinski definition) is 7. The Labute approximate surface area is 275 Å². The number of aliphatic hydroxyl groups excluding tert-OH is 2. The molecule has 252 valence electrons. The zero-order valence-corrected chi connectivity index (χ0v) is 28.9. The summed E-state index contributed by atoms with van der Waals surface area (Å²) < 4.78 is 59.1. The van der Waals surface area contributed by atoms with Crippen molar-refractivity contribution in [1.82, 2.24) is 13.9 Å². The third-order valence-corrected chi connectivity index (χ3v) is 13.5. The van der Waals surface area contributed by atoms with E-state index in [4.69, 9.17) is 11.6 Å². The van der Waals surface area contributed by atoms with Gasteiger partial charge in [-0.05, 0) is 100 Å². The molecule has 2 saturated carbocycles. The van der Waals surface area contributed by atoms with Gasteiger partial charge in [0, 0.05) is 36.6 Å². The van der Waals surface area contributed by atoms with Gasteiger partial charge in [0.15, 0.2) is 0 Å². The zero-order valence-electron chi connectivity index (χ0n) is 26.5. The molecule has 0 aliphatic heterocycles. The lowest BCUT2D eigenvalue weighted by Gasteiger charge is -2.31. The van der Waals surface area contributed by atoms with E-state index in [-0.39, 0.29) is 34.8 Å². The van der Waals surface area contributed by atoms with Crippen LogP contribution < -0.4 is 5.32 Å². The maximum Gasteiger partial charge on any atom is 0.243 e. The fourth-order valence-electron chi connectivity index (χ4n) is 6.79. The standard InChI is InChI=1S/C33H50ClN3O6S2/c1-25(38)32(33(39)35-2)13-8-22-36(23-26-9-4-3-5-10-26)44(40,41)30-18-20-31(21-19-30)45(42,43)37(29-11-6-7-12-29)24-27-14-16-28(34)17-15-27/h14-21,25-26,29,32-33,35,38-39H,3-13,22-24H2,1-2H3/t25?,32?,33-/m0/s1. The van der Waals surface area contributed by atoms with Gasteiger partial charge in [-0.3, -0.25) is 5.32 Å². The normalized spacial score (nSPS) is 19.3. The molecule has 0 radical (unpaired) electrons. The number of nitrogens with zero attached hydrogens (tertiary/aromatic N) is 2. The highest BCUT2D eigenvalue weighted by Crippen LogP contribution is 2.32. The van der Waals surface area contributed by atoms with Crippen molar-refractivity contribution in [3.05, 3.63) is 59.1 Å². The van der Waals surface area contributed by atoms with E-state index in [9.17, 15) is 27.0 Å². The van der Waals surface area contributed by atoms with Crippen molar-refractivity contribution in [1.29, 1.82) is 0 Å². The van der Waals surface area contributed by atoms with E-state index >= 15 is 0 Å². The van der Waals surface area contributed by atoms with Crippen LogP contribution in [0.15, 0.2) is 58.3 Å². The lowest BCUT2D eigenvalue weighted by Crippen LogP contribution is -2.40. The van der Waals surface area contributed by atoms with Gasteiger partial charge in [0.1, 0.15) is 6.23 Å². The second-order valence-electron chi connectivity index (χ2n) is 12.7. The number of halogens is 1. The Morgan fingerprint density at radius 1 is 0.844 bits per heavy atom. The third-order valence-electron chi connectivity index (χ3n) is 9.50. The van der Waals surface area contributed by atoms with Crippen LogP contribution in [0.4, 0.5) is 0 Å². The molecule has 3 N–H and O–H groups in total. The molecule has 3 atom stereocenters. The van der Waals surface area contributed by atoms with Gasteiger partial charge in [0.05, 0.1) is 15.9 Å². The second kappa shape index (κ2) is 16.5. The fraction of sp³-hybridized carbons (Fsp3) is 0.636. The number of sulfonamides is 2. The number of benzene rings is 2. The van der Waals surface area contributed by atoms with E-state index in [1.807, 2.05) is 12.1 Å². The molecule has 2 fully saturated rings. The van der Waals surface area contributed by atoms with Crippen molar-refractivity contribution in [2.45, 2.75) is 112 Å². The lowest BCUT2D eigenvalue weighted by atomic mass is 9.89. The highest BCUT2D eigenvalue weighted by Gasteiger charge is 2.34. The molecule has 2 aliphatic carbocycles. The monoisotopic (exact) mass is 683 g/mol. The highest BCUT2D eigenvalue weighted by atomic mass is 35.5. The molecule has 0 bridgehead atoms. The first-order valence-electron chi connectivity index (χ1n) is 16.3. The molecule has 0 spiro atoms. The van der Waals surface area contributed by atoms with Gasteiger partial charge in [-0.25, -0.2) is 16.8 Å². The molecule has 0 aromatic heterocycles. The summed E-state index contributed by atoms with van der Waals surface area (Å²) in [5.41, 5.74) is 0.840. The predicted octanol–water partition coefficient (Wildman–Crippen LogP) is 5.36. The Bertz CT molecular complexity index is 1410. The van der Waals surface area contributed by atoms with Crippen LogP contribution in [0.5, 0.6) is 0 Å². The predicted molar refractivity (Wildman–Crippen MR) is 178 cm³/mol. The molecule has 0 saturated heterocycles. The van der Waals surface area contributed by atoms with Crippen molar-refractivity contribution < 1.29 is 27.0 Å². The van der Waals surface area contributed by atoms with Gasteiger partial charge >= 0.3 is 0 Å². The average Bonchev–Trinajstić information content (AvgIpc) is 3.56. The number of nitrogens with one attached hydrogen (secondary N) is 1. The summed E-state index contributed by atoms with van der Waals surface area (Å²) in [4.78, 5) is 0.131. The largest absolute Gasteiger partial charge is 0.393 e. The van der Waals surface area contributed by atoms with E-state index in [1.54, 1.807) is 30.4 Å². The van der Waals surface area contributed by atoms with Crippen LogP contribution in [0, 0.1) is 11.8 Å². The molecule has 2 aromatic carbocycles. The molecule has 9 nitrogen and oxygen atoms in total. The van der Waals surface area contributed by atoms with Crippen LogP contribution in [0.3, 0.4) is 0 Å². The summed E-state index contributed by atoms with van der Waals surface area (Å²) in [6.07, 6.45) is 8.04. The average molecular weight is 684 g/mol. The number of rotatable bonds is 16. The van der Waals surface area contributed by atoms with Crippen molar-refractivity contribution in [2.75, 3.05) is 20.1 Å². The summed E-state index contributed by atoms with van der Waals surface area (Å²) in [6, 6.07) is 12.7. The van der Waals surface area contributed by atoms with Crippen LogP contribution in [0.1, 0.15) is 83.1 Å². The first kappa shape index (κ1) is 36.3. The van der Waals surface area contributed by atoms with Gasteiger partial charge in [0.25, 0.3) is 0 Å². The van der Waals surface area contributed by atoms with E-state index in [1.165, 1.54) is 28.6 Å². The molecule has 45 heavy (non-hydrogen) atoms. The molecule has 0 amide bonds. The molecular formula is C33H50ClN3O6S2. The van der Waals surface area contributed by atoms with Crippen LogP contribution >= 0.6 is 11.6 Å². The van der Waals surface area contributed by atoms with Crippen LogP contribution in [-0.4, -0.2) is 74.2 Å². The molecule has 2 aliphatic rings. The summed E-state index contributed by atoms with van der Waals surface area (Å²) >= 11 is 6.06. The smallest absolute Gasteiger partial charge is 0.243 e. The molecule has 0 heterocycles. The number of hydrogen-bond donors (Lipinski definition) is 3. The molecule has 2 unspecified atom stereocenters. The van der Waals surface area contributed by atoms with Crippen molar-refractivity contribution in [3.8, 4) is 0 Å². The summed E-state index contributed by atoms with van der Waals surface area (Å²) in [7, 11) is -6.21. The third kappa shape index (κ3) is 9.50. The maximum absolute atomic E-state index is 14.0. The van der Waals surface area contributed by atoms with Gasteiger partial charge in [-0.1, -0.05) is 55.8 Å². The van der Waals surface area contributed by atoms with Crippen LogP contribution in [-0.2, 0) is 26.6 Å². The minimum atomic E-state index is -3.92. The van der Waals surface area contributed by atoms with Gasteiger partial charge < -0.3 is 10.2 Å². The quantitative estimate of drug-likeness (QED) is 0.203. The van der Waals surface area contributed by atoms with Crippen LogP contribution in [0.2, 0.25) is 5.02 Å². The topological polar surface area (TPSA) is 127 Å². The van der Waals surface area contributed by atoms with E-state index in [2.05, 4.69) is 5.32 Å². The minimum Gasteiger partial charge on any atom is -0.393 e. The Hall–Kier alpha value is -1.57. The fourth-order valence-corrected chi connectivity index (χ4v) is 10.1. The minimum absolute atomic E-state index is 0.0599. The van der Waals surface area contributed by atoms with Crippen molar-refractivity contribution >= 4 is 31.6 Å². The molecular weight excluding hydrogens is 634 g/mol. The Morgan fingerprint density at radius 2 is 1.40 bits per heavy atom.